The molecule has 3 rings (SSSR count). The molecule has 0 saturated heterocycles. The normalized spacial score (nSPS) is 11.9. The van der Waals surface area contributed by atoms with Crippen LogP contribution in [0.2, 0.25) is 0 Å². The van der Waals surface area contributed by atoms with Gasteiger partial charge in [0.25, 0.3) is 5.56 Å². The van der Waals surface area contributed by atoms with Crippen molar-refractivity contribution in [2.24, 2.45) is 0 Å². The number of nitrogens with zero attached hydrogens (tertiary/aromatic N) is 3. The van der Waals surface area contributed by atoms with Gasteiger partial charge in [0.05, 0.1) is 10.9 Å². The van der Waals surface area contributed by atoms with Gasteiger partial charge in [0, 0.05) is 17.8 Å². The second kappa shape index (κ2) is 6.55. The van der Waals surface area contributed by atoms with E-state index >= 15 is 0 Å². The molecule has 7 heteroatoms. The Kier molecular flexibility index (Phi) is 4.56. The lowest BCUT2D eigenvalue weighted by Gasteiger charge is -2.16. The van der Waals surface area contributed by atoms with E-state index in [0.29, 0.717) is 35.3 Å². The minimum Gasteiger partial charge on any atom is -0.292 e. The summed E-state index contributed by atoms with van der Waals surface area (Å²) in [6.07, 6.45) is -3.82. The van der Waals surface area contributed by atoms with Crippen molar-refractivity contribution < 1.29 is 13.2 Å². The second-order valence-corrected chi connectivity index (χ2v) is 6.19. The average molecular weight is 361 g/mol. The van der Waals surface area contributed by atoms with E-state index in [1.165, 1.54) is 17.6 Å². The quantitative estimate of drug-likeness (QED) is 0.690. The largest absolute Gasteiger partial charge is 0.433 e. The number of fused-ring (bicyclic) bond motifs is 1. The molecule has 1 aromatic carbocycles. The van der Waals surface area contributed by atoms with E-state index in [1.54, 1.807) is 12.1 Å². The van der Waals surface area contributed by atoms with Crippen LogP contribution in [0.15, 0.2) is 35.1 Å². The van der Waals surface area contributed by atoms with Gasteiger partial charge < -0.3 is 0 Å². The Morgan fingerprint density at radius 2 is 1.81 bits per heavy atom. The van der Waals surface area contributed by atoms with Gasteiger partial charge in [-0.2, -0.15) is 13.2 Å². The smallest absolute Gasteiger partial charge is 0.292 e. The molecular formula is C19H18F3N3O. The number of pyridine rings is 1. The molecule has 2 aromatic heterocycles. The molecule has 0 radical (unpaired) electrons. The van der Waals surface area contributed by atoms with E-state index < -0.39 is 11.9 Å². The van der Waals surface area contributed by atoms with Crippen LogP contribution in [0, 0.1) is 13.8 Å². The number of hydrogen-bond donors (Lipinski definition) is 0. The lowest BCUT2D eigenvalue weighted by atomic mass is 10.1. The van der Waals surface area contributed by atoms with Crippen LogP contribution in [0.3, 0.4) is 0 Å². The van der Waals surface area contributed by atoms with Crippen LogP contribution in [0.5, 0.6) is 0 Å². The summed E-state index contributed by atoms with van der Waals surface area (Å²) in [5, 5.41) is 0.500. The summed E-state index contributed by atoms with van der Waals surface area (Å²) in [5.74, 6) is 0.345. The minimum atomic E-state index is -4.51. The lowest BCUT2D eigenvalue weighted by molar-refractivity contribution is -0.141. The fourth-order valence-electron chi connectivity index (χ4n) is 2.98. The molecule has 0 atom stereocenters. The van der Waals surface area contributed by atoms with Gasteiger partial charge in [0.15, 0.2) is 0 Å². The molecule has 26 heavy (non-hydrogen) atoms. The summed E-state index contributed by atoms with van der Waals surface area (Å²) < 4.78 is 40.2. The van der Waals surface area contributed by atoms with E-state index in [0.717, 1.165) is 11.6 Å². The number of halogens is 3. The number of para-hydroxylation sites is 1. The predicted octanol–water partition coefficient (Wildman–Crippen LogP) is 4.50. The summed E-state index contributed by atoms with van der Waals surface area (Å²) in [7, 11) is 0. The van der Waals surface area contributed by atoms with Crippen molar-refractivity contribution in [3.8, 4) is 11.4 Å². The van der Waals surface area contributed by atoms with Crippen LogP contribution in [0.4, 0.5) is 13.2 Å². The van der Waals surface area contributed by atoms with E-state index in [1.807, 2.05) is 19.9 Å². The third kappa shape index (κ3) is 3.09. The highest BCUT2D eigenvalue weighted by Gasteiger charge is 2.33. The Balaban J connectivity index is 2.32. The molecule has 2 heterocycles. The molecule has 0 bridgehead atoms. The van der Waals surface area contributed by atoms with E-state index in [2.05, 4.69) is 9.97 Å². The molecule has 136 valence electrons. The zero-order chi connectivity index (χ0) is 19.1. The molecule has 0 N–H and O–H groups in total. The summed E-state index contributed by atoms with van der Waals surface area (Å²) in [5.41, 5.74) is 0.842. The number of rotatable bonds is 3. The van der Waals surface area contributed by atoms with Crippen LogP contribution < -0.4 is 5.56 Å². The fraction of sp³-hybridized carbons (Fsp3) is 0.316. The van der Waals surface area contributed by atoms with E-state index in [-0.39, 0.29) is 11.3 Å². The second-order valence-electron chi connectivity index (χ2n) is 6.19. The Labute approximate surface area is 148 Å². The SMILES string of the molecule is CCCn1c(-c2ccc(C(F)(F)F)nc2C)nc2c(C)cccc2c1=O. The highest BCUT2D eigenvalue weighted by molar-refractivity contribution is 5.82. The first-order chi connectivity index (χ1) is 12.2. The molecule has 0 aliphatic rings. The van der Waals surface area contributed by atoms with Gasteiger partial charge in [-0.3, -0.25) is 9.36 Å². The number of aryl methyl sites for hydroxylation is 2. The van der Waals surface area contributed by atoms with Crippen molar-refractivity contribution in [3.05, 3.63) is 57.6 Å². The Hall–Kier alpha value is -2.70. The van der Waals surface area contributed by atoms with Gasteiger partial charge in [-0.05, 0) is 44.0 Å². The lowest BCUT2D eigenvalue weighted by Crippen LogP contribution is -2.24. The third-order valence-electron chi connectivity index (χ3n) is 4.25. The number of hydrogen-bond acceptors (Lipinski definition) is 3. The van der Waals surface area contributed by atoms with Crippen molar-refractivity contribution in [1.82, 2.24) is 14.5 Å². The summed E-state index contributed by atoms with van der Waals surface area (Å²) in [6.45, 7) is 5.69. The molecule has 0 unspecified atom stereocenters. The molecule has 4 nitrogen and oxygen atoms in total. The number of alkyl halides is 3. The monoisotopic (exact) mass is 361 g/mol. The molecule has 0 fully saturated rings. The highest BCUT2D eigenvalue weighted by atomic mass is 19.4. The zero-order valence-electron chi connectivity index (χ0n) is 14.7. The third-order valence-corrected chi connectivity index (χ3v) is 4.25. The Morgan fingerprint density at radius 1 is 1.08 bits per heavy atom. The number of benzene rings is 1. The first-order valence-electron chi connectivity index (χ1n) is 8.29. The zero-order valence-corrected chi connectivity index (χ0v) is 14.7. The Bertz CT molecular complexity index is 1040. The summed E-state index contributed by atoms with van der Waals surface area (Å²) in [4.78, 5) is 21.2. The summed E-state index contributed by atoms with van der Waals surface area (Å²) >= 11 is 0. The summed E-state index contributed by atoms with van der Waals surface area (Å²) in [6, 6.07) is 7.61. The average Bonchev–Trinajstić information content (AvgIpc) is 2.57. The van der Waals surface area contributed by atoms with Gasteiger partial charge in [0.2, 0.25) is 0 Å². The maximum absolute atomic E-state index is 12.9. The molecule has 0 aliphatic heterocycles. The van der Waals surface area contributed by atoms with Crippen molar-refractivity contribution >= 4 is 10.9 Å². The Morgan fingerprint density at radius 3 is 2.42 bits per heavy atom. The van der Waals surface area contributed by atoms with E-state index in [9.17, 15) is 18.0 Å². The highest BCUT2D eigenvalue weighted by Crippen LogP contribution is 2.30. The molecule has 0 amide bonds. The fourth-order valence-corrected chi connectivity index (χ4v) is 2.98. The maximum Gasteiger partial charge on any atom is 0.433 e. The first-order valence-corrected chi connectivity index (χ1v) is 8.29. The maximum atomic E-state index is 12.9. The molecule has 3 aromatic rings. The molecular weight excluding hydrogens is 343 g/mol. The van der Waals surface area contributed by atoms with Crippen LogP contribution in [0.25, 0.3) is 22.3 Å². The molecule has 0 spiro atoms. The van der Waals surface area contributed by atoms with Gasteiger partial charge in [-0.25, -0.2) is 9.97 Å². The van der Waals surface area contributed by atoms with Gasteiger partial charge >= 0.3 is 6.18 Å². The van der Waals surface area contributed by atoms with E-state index in [4.69, 9.17) is 0 Å². The minimum absolute atomic E-state index is 0.185. The van der Waals surface area contributed by atoms with Crippen LogP contribution in [0.1, 0.15) is 30.3 Å². The van der Waals surface area contributed by atoms with Gasteiger partial charge in [-0.1, -0.05) is 19.1 Å². The first kappa shape index (κ1) is 18.1. The van der Waals surface area contributed by atoms with Crippen molar-refractivity contribution in [2.45, 2.75) is 39.9 Å². The number of aromatic nitrogens is 3. The van der Waals surface area contributed by atoms with Crippen molar-refractivity contribution in [3.63, 3.8) is 0 Å². The van der Waals surface area contributed by atoms with Crippen molar-refractivity contribution in [1.29, 1.82) is 0 Å². The van der Waals surface area contributed by atoms with Gasteiger partial charge in [0.1, 0.15) is 11.5 Å². The molecule has 0 aliphatic carbocycles. The van der Waals surface area contributed by atoms with Crippen LogP contribution in [-0.2, 0) is 12.7 Å². The van der Waals surface area contributed by atoms with Crippen LogP contribution >= 0.6 is 0 Å². The topological polar surface area (TPSA) is 47.8 Å². The predicted molar refractivity (Wildman–Crippen MR) is 94.0 cm³/mol. The van der Waals surface area contributed by atoms with Gasteiger partial charge in [-0.15, -0.1) is 0 Å². The standard InChI is InChI=1S/C19H18F3N3O/c1-4-10-25-17(13-8-9-15(19(20,21)22)23-12(13)3)24-16-11(2)6-5-7-14(16)18(25)26/h5-9H,4,10H2,1-3H3. The molecule has 0 saturated carbocycles. The van der Waals surface area contributed by atoms with Crippen LogP contribution in [-0.4, -0.2) is 14.5 Å². The van der Waals surface area contributed by atoms with Crippen molar-refractivity contribution in [2.75, 3.05) is 0 Å².